The molecule has 172 valence electrons. The summed E-state index contributed by atoms with van der Waals surface area (Å²) in [6.07, 6.45) is 2.04. The van der Waals surface area contributed by atoms with Gasteiger partial charge in [-0.3, -0.25) is 4.90 Å². The number of rotatable bonds is 10. The van der Waals surface area contributed by atoms with Gasteiger partial charge in [-0.05, 0) is 24.5 Å². The lowest BCUT2D eigenvalue weighted by atomic mass is 9.97. The van der Waals surface area contributed by atoms with Gasteiger partial charge in [-0.25, -0.2) is 0 Å². The first-order valence-corrected chi connectivity index (χ1v) is 11.0. The van der Waals surface area contributed by atoms with Crippen LogP contribution >= 0.6 is 0 Å². The Morgan fingerprint density at radius 2 is 1.75 bits per heavy atom. The van der Waals surface area contributed by atoms with E-state index in [1.807, 2.05) is 24.3 Å². The molecule has 1 fully saturated rings. The Morgan fingerprint density at radius 1 is 1.00 bits per heavy atom. The van der Waals surface area contributed by atoms with Crippen molar-refractivity contribution in [3.05, 3.63) is 53.8 Å². The number of aliphatic hydroxyl groups is 1. The summed E-state index contributed by atoms with van der Waals surface area (Å²) in [5.41, 5.74) is 2.30. The number of furan rings is 1. The van der Waals surface area contributed by atoms with E-state index in [0.29, 0.717) is 41.4 Å². The maximum absolute atomic E-state index is 11.3. The van der Waals surface area contributed by atoms with Crippen LogP contribution in [-0.2, 0) is 11.2 Å². The molecule has 1 N–H and O–H groups in total. The fourth-order valence-corrected chi connectivity index (χ4v) is 4.18. The number of benzene rings is 2. The third kappa shape index (κ3) is 4.85. The van der Waals surface area contributed by atoms with Gasteiger partial charge in [0.05, 0.1) is 50.8 Å². The SMILES string of the molecule is COc1c(C(O)CCc2ccccc2)c(OCCN2CCOCC2)c(OC)c2occc12. The summed E-state index contributed by atoms with van der Waals surface area (Å²) in [5.74, 6) is 1.50. The Bertz CT molecular complexity index is 997. The average molecular weight is 442 g/mol. The Kier molecular flexibility index (Phi) is 7.52. The van der Waals surface area contributed by atoms with Crippen molar-refractivity contribution in [2.24, 2.45) is 0 Å². The van der Waals surface area contributed by atoms with E-state index in [2.05, 4.69) is 17.0 Å². The van der Waals surface area contributed by atoms with Crippen molar-refractivity contribution in [1.82, 2.24) is 4.90 Å². The van der Waals surface area contributed by atoms with Gasteiger partial charge in [0.25, 0.3) is 0 Å². The zero-order valence-corrected chi connectivity index (χ0v) is 18.7. The molecular weight excluding hydrogens is 410 g/mol. The summed E-state index contributed by atoms with van der Waals surface area (Å²) >= 11 is 0. The minimum atomic E-state index is -0.795. The third-order valence-electron chi connectivity index (χ3n) is 5.86. The quantitative estimate of drug-likeness (QED) is 0.513. The summed E-state index contributed by atoms with van der Waals surface area (Å²) in [5, 5.41) is 12.0. The lowest BCUT2D eigenvalue weighted by Crippen LogP contribution is -2.38. The van der Waals surface area contributed by atoms with Crippen LogP contribution in [0.5, 0.6) is 17.2 Å². The molecule has 32 heavy (non-hydrogen) atoms. The number of ether oxygens (including phenoxy) is 4. The minimum Gasteiger partial charge on any atom is -0.495 e. The zero-order chi connectivity index (χ0) is 22.3. The molecule has 0 saturated carbocycles. The molecular formula is C25H31NO6. The molecule has 0 amide bonds. The molecule has 7 heteroatoms. The Morgan fingerprint density at radius 3 is 2.47 bits per heavy atom. The van der Waals surface area contributed by atoms with E-state index in [4.69, 9.17) is 23.4 Å². The topological polar surface area (TPSA) is 73.5 Å². The summed E-state index contributed by atoms with van der Waals surface area (Å²) < 4.78 is 28.8. The van der Waals surface area contributed by atoms with Crippen LogP contribution in [0.2, 0.25) is 0 Å². The molecule has 0 bridgehead atoms. The van der Waals surface area contributed by atoms with Gasteiger partial charge >= 0.3 is 0 Å². The average Bonchev–Trinajstić information content (AvgIpc) is 3.32. The monoisotopic (exact) mass is 441 g/mol. The number of morpholine rings is 1. The first kappa shape index (κ1) is 22.5. The van der Waals surface area contributed by atoms with Crippen molar-refractivity contribution in [2.75, 3.05) is 53.7 Å². The van der Waals surface area contributed by atoms with Crippen molar-refractivity contribution >= 4 is 11.0 Å². The first-order valence-electron chi connectivity index (χ1n) is 11.0. The maximum Gasteiger partial charge on any atom is 0.205 e. The van der Waals surface area contributed by atoms with Gasteiger partial charge in [0, 0.05) is 19.6 Å². The van der Waals surface area contributed by atoms with Gasteiger partial charge in [-0.1, -0.05) is 30.3 Å². The number of fused-ring (bicyclic) bond motifs is 1. The highest BCUT2D eigenvalue weighted by Crippen LogP contribution is 2.49. The van der Waals surface area contributed by atoms with Gasteiger partial charge in [0.15, 0.2) is 11.3 Å². The highest BCUT2D eigenvalue weighted by molar-refractivity contribution is 5.93. The van der Waals surface area contributed by atoms with Crippen LogP contribution in [0.15, 0.2) is 47.1 Å². The smallest absolute Gasteiger partial charge is 0.205 e. The molecule has 2 heterocycles. The Balaban J connectivity index is 1.63. The molecule has 0 radical (unpaired) electrons. The lowest BCUT2D eigenvalue weighted by Gasteiger charge is -2.27. The lowest BCUT2D eigenvalue weighted by molar-refractivity contribution is 0.0318. The second-order valence-electron chi connectivity index (χ2n) is 7.82. The van der Waals surface area contributed by atoms with Crippen molar-refractivity contribution in [2.45, 2.75) is 18.9 Å². The molecule has 0 spiro atoms. The van der Waals surface area contributed by atoms with Crippen LogP contribution in [0.25, 0.3) is 11.0 Å². The maximum atomic E-state index is 11.3. The number of aryl methyl sites for hydroxylation is 1. The zero-order valence-electron chi connectivity index (χ0n) is 18.7. The van der Waals surface area contributed by atoms with Gasteiger partial charge in [0.2, 0.25) is 5.75 Å². The molecule has 1 aliphatic rings. The number of hydrogen-bond acceptors (Lipinski definition) is 7. The summed E-state index contributed by atoms with van der Waals surface area (Å²) in [6, 6.07) is 11.9. The van der Waals surface area contributed by atoms with E-state index >= 15 is 0 Å². The molecule has 1 unspecified atom stereocenters. The van der Waals surface area contributed by atoms with E-state index in [-0.39, 0.29) is 0 Å². The van der Waals surface area contributed by atoms with Crippen LogP contribution in [0, 0.1) is 0 Å². The standard InChI is InChI=1S/C25H31NO6/c1-28-22-19-10-14-31-23(19)25(29-2)24(32-17-13-26-11-15-30-16-12-26)21(22)20(27)9-8-18-6-4-3-5-7-18/h3-7,10,14,20,27H,8-9,11-13,15-17H2,1-2H3. The number of hydrogen-bond donors (Lipinski definition) is 1. The number of nitrogens with zero attached hydrogens (tertiary/aromatic N) is 1. The fourth-order valence-electron chi connectivity index (χ4n) is 4.18. The van der Waals surface area contributed by atoms with Crippen molar-refractivity contribution in [3.63, 3.8) is 0 Å². The van der Waals surface area contributed by atoms with Crippen molar-refractivity contribution in [1.29, 1.82) is 0 Å². The highest BCUT2D eigenvalue weighted by Gasteiger charge is 2.29. The van der Waals surface area contributed by atoms with Crippen LogP contribution in [-0.4, -0.2) is 63.7 Å². The second kappa shape index (κ2) is 10.7. The predicted molar refractivity (Wildman–Crippen MR) is 122 cm³/mol. The van der Waals surface area contributed by atoms with Crippen LogP contribution in [0.4, 0.5) is 0 Å². The minimum absolute atomic E-state index is 0.449. The second-order valence-corrected chi connectivity index (χ2v) is 7.82. The van der Waals surface area contributed by atoms with Gasteiger partial charge in [0.1, 0.15) is 12.4 Å². The predicted octanol–water partition coefficient (Wildman–Crippen LogP) is 3.83. The number of methoxy groups -OCH3 is 2. The van der Waals surface area contributed by atoms with E-state index < -0.39 is 6.10 Å². The largest absolute Gasteiger partial charge is 0.495 e. The van der Waals surface area contributed by atoms with E-state index in [0.717, 1.165) is 50.2 Å². The van der Waals surface area contributed by atoms with Crippen LogP contribution < -0.4 is 14.2 Å². The van der Waals surface area contributed by atoms with E-state index in [1.165, 1.54) is 0 Å². The Labute approximate surface area is 188 Å². The first-order chi connectivity index (χ1) is 15.7. The molecule has 3 aromatic rings. The molecule has 1 atom stereocenters. The summed E-state index contributed by atoms with van der Waals surface area (Å²) in [4.78, 5) is 2.30. The van der Waals surface area contributed by atoms with E-state index in [9.17, 15) is 5.11 Å². The molecule has 1 aliphatic heterocycles. The van der Waals surface area contributed by atoms with Gasteiger partial charge in [-0.2, -0.15) is 0 Å². The molecule has 7 nitrogen and oxygen atoms in total. The summed E-state index contributed by atoms with van der Waals surface area (Å²) in [6.45, 7) is 4.44. The molecule has 2 aromatic carbocycles. The van der Waals surface area contributed by atoms with Crippen molar-refractivity contribution in [3.8, 4) is 17.2 Å². The summed E-state index contributed by atoms with van der Waals surface area (Å²) in [7, 11) is 3.18. The van der Waals surface area contributed by atoms with Crippen LogP contribution in [0.3, 0.4) is 0 Å². The van der Waals surface area contributed by atoms with Gasteiger partial charge in [-0.15, -0.1) is 0 Å². The molecule has 4 rings (SSSR count). The molecule has 0 aliphatic carbocycles. The Hall–Kier alpha value is -2.74. The van der Waals surface area contributed by atoms with E-state index in [1.54, 1.807) is 20.5 Å². The third-order valence-corrected chi connectivity index (χ3v) is 5.86. The van der Waals surface area contributed by atoms with Crippen molar-refractivity contribution < 1.29 is 28.5 Å². The normalized spacial score (nSPS) is 15.6. The molecule has 1 saturated heterocycles. The number of aliphatic hydroxyl groups excluding tert-OH is 1. The fraction of sp³-hybridized carbons (Fsp3) is 0.440. The highest BCUT2D eigenvalue weighted by atomic mass is 16.5. The van der Waals surface area contributed by atoms with Gasteiger partial charge < -0.3 is 28.5 Å². The molecule has 1 aromatic heterocycles. The van der Waals surface area contributed by atoms with Crippen LogP contribution in [0.1, 0.15) is 23.7 Å².